The van der Waals surface area contributed by atoms with E-state index >= 15 is 0 Å². The van der Waals surface area contributed by atoms with Crippen molar-refractivity contribution in [1.29, 1.82) is 0 Å². The Morgan fingerprint density at radius 2 is 0.787 bits per heavy atom. The largest absolute Gasteiger partial charge is 0.310 e. The molecule has 0 aliphatic heterocycles. The van der Waals surface area contributed by atoms with E-state index in [-0.39, 0.29) is 0 Å². The molecule has 5 nitrogen and oxygen atoms in total. The summed E-state index contributed by atoms with van der Waals surface area (Å²) in [5, 5.41) is 5.82. The maximum absolute atomic E-state index is 5.38. The minimum absolute atomic E-state index is 0.693. The zero-order valence-electron chi connectivity index (χ0n) is 33.1. The summed E-state index contributed by atoms with van der Waals surface area (Å²) >= 11 is 0. The van der Waals surface area contributed by atoms with Gasteiger partial charge in [-0.1, -0.05) is 115 Å². The number of benzene rings is 9. The number of aromatic nitrogens is 4. The molecule has 3 aromatic heterocycles. The van der Waals surface area contributed by atoms with Crippen molar-refractivity contribution in [3.05, 3.63) is 224 Å². The SMILES string of the molecule is c1ccc(N(c2ccccc2)c2ccc3c(c2)c2cc(-c4nc(-c5ccc(-n6c7ccccc7c7ccccc76)cc5)nc5ccccc45)ccc2n3-c2ccccc2)cc1. The second-order valence-corrected chi connectivity index (χ2v) is 15.4. The Morgan fingerprint density at radius 3 is 1.43 bits per heavy atom. The number of para-hydroxylation sites is 6. The molecule has 286 valence electrons. The topological polar surface area (TPSA) is 38.9 Å². The van der Waals surface area contributed by atoms with Crippen molar-refractivity contribution in [3.63, 3.8) is 0 Å². The lowest BCUT2D eigenvalue weighted by molar-refractivity contribution is 1.17. The molecule has 0 N–H and O–H groups in total. The van der Waals surface area contributed by atoms with Crippen LogP contribution >= 0.6 is 0 Å². The number of rotatable bonds is 7. The first-order valence-electron chi connectivity index (χ1n) is 20.7. The quantitative estimate of drug-likeness (QED) is 0.162. The fourth-order valence-corrected chi connectivity index (χ4v) is 9.14. The Balaban J connectivity index is 1.03. The molecule has 12 aromatic rings. The van der Waals surface area contributed by atoms with E-state index in [0.29, 0.717) is 5.82 Å². The van der Waals surface area contributed by atoms with Crippen molar-refractivity contribution in [2.45, 2.75) is 0 Å². The van der Waals surface area contributed by atoms with Crippen molar-refractivity contribution in [2.24, 2.45) is 0 Å². The summed E-state index contributed by atoms with van der Waals surface area (Å²) in [6.07, 6.45) is 0. The van der Waals surface area contributed by atoms with Gasteiger partial charge >= 0.3 is 0 Å². The average molecular weight is 780 g/mol. The molecule has 0 amide bonds. The van der Waals surface area contributed by atoms with Crippen molar-refractivity contribution >= 4 is 71.6 Å². The van der Waals surface area contributed by atoms with E-state index in [9.17, 15) is 0 Å². The van der Waals surface area contributed by atoms with E-state index in [1.165, 1.54) is 21.8 Å². The summed E-state index contributed by atoms with van der Waals surface area (Å²) in [6, 6.07) is 79.7. The van der Waals surface area contributed by atoms with Crippen LogP contribution in [0.25, 0.3) is 88.5 Å². The lowest BCUT2D eigenvalue weighted by Crippen LogP contribution is -2.09. The number of nitrogens with zero attached hydrogens (tertiary/aromatic N) is 5. The summed E-state index contributed by atoms with van der Waals surface area (Å²) in [5.41, 5.74) is 13.9. The van der Waals surface area contributed by atoms with E-state index in [2.05, 4.69) is 238 Å². The Bertz CT molecular complexity index is 3480. The van der Waals surface area contributed by atoms with Gasteiger partial charge in [0.25, 0.3) is 0 Å². The monoisotopic (exact) mass is 779 g/mol. The number of anilines is 3. The molecule has 0 bridgehead atoms. The molecule has 12 rings (SSSR count). The zero-order chi connectivity index (χ0) is 40.3. The molecular weight excluding hydrogens is 743 g/mol. The van der Waals surface area contributed by atoms with Crippen LogP contribution in [0.2, 0.25) is 0 Å². The Kier molecular flexibility index (Phi) is 8.10. The zero-order valence-corrected chi connectivity index (χ0v) is 33.1. The van der Waals surface area contributed by atoms with Gasteiger partial charge in [0, 0.05) is 66.5 Å². The van der Waals surface area contributed by atoms with E-state index in [0.717, 1.165) is 78.0 Å². The predicted octanol–water partition coefficient (Wildman–Crippen LogP) is 14.6. The molecule has 0 saturated carbocycles. The highest BCUT2D eigenvalue weighted by molar-refractivity contribution is 6.13. The molecular formula is C56H37N5. The molecule has 0 radical (unpaired) electrons. The van der Waals surface area contributed by atoms with Crippen LogP contribution in [0.1, 0.15) is 0 Å². The van der Waals surface area contributed by atoms with Gasteiger partial charge in [0.1, 0.15) is 0 Å². The summed E-state index contributed by atoms with van der Waals surface area (Å²) in [4.78, 5) is 12.8. The maximum atomic E-state index is 5.38. The van der Waals surface area contributed by atoms with Crippen LogP contribution in [0.4, 0.5) is 17.1 Å². The van der Waals surface area contributed by atoms with Crippen LogP contribution < -0.4 is 4.90 Å². The molecule has 0 spiro atoms. The van der Waals surface area contributed by atoms with Crippen molar-refractivity contribution in [3.8, 4) is 34.0 Å². The molecule has 61 heavy (non-hydrogen) atoms. The van der Waals surface area contributed by atoms with Crippen LogP contribution in [-0.4, -0.2) is 19.1 Å². The van der Waals surface area contributed by atoms with E-state index < -0.39 is 0 Å². The van der Waals surface area contributed by atoms with Crippen molar-refractivity contribution in [2.75, 3.05) is 4.90 Å². The van der Waals surface area contributed by atoms with Crippen LogP contribution in [0.15, 0.2) is 224 Å². The fraction of sp³-hybridized carbons (Fsp3) is 0. The van der Waals surface area contributed by atoms with E-state index in [1.54, 1.807) is 0 Å². The number of hydrogen-bond acceptors (Lipinski definition) is 3. The minimum atomic E-state index is 0.693. The first-order valence-corrected chi connectivity index (χ1v) is 20.7. The predicted molar refractivity (Wildman–Crippen MR) is 254 cm³/mol. The molecule has 0 fully saturated rings. The van der Waals surface area contributed by atoms with Gasteiger partial charge in [-0.05, 0) is 109 Å². The normalized spacial score (nSPS) is 11.6. The van der Waals surface area contributed by atoms with Gasteiger partial charge in [-0.25, -0.2) is 9.97 Å². The lowest BCUT2D eigenvalue weighted by Gasteiger charge is -2.25. The second kappa shape index (κ2) is 14.2. The highest BCUT2D eigenvalue weighted by Gasteiger charge is 2.20. The van der Waals surface area contributed by atoms with Crippen molar-refractivity contribution in [1.82, 2.24) is 19.1 Å². The highest BCUT2D eigenvalue weighted by Crippen LogP contribution is 2.41. The summed E-state index contributed by atoms with van der Waals surface area (Å²) in [5.74, 6) is 0.693. The van der Waals surface area contributed by atoms with Gasteiger partial charge < -0.3 is 14.0 Å². The average Bonchev–Trinajstić information content (AvgIpc) is 3.84. The molecule has 5 heteroatoms. The van der Waals surface area contributed by atoms with E-state index in [4.69, 9.17) is 9.97 Å². The second-order valence-electron chi connectivity index (χ2n) is 15.4. The van der Waals surface area contributed by atoms with Crippen LogP contribution in [-0.2, 0) is 0 Å². The fourth-order valence-electron chi connectivity index (χ4n) is 9.14. The van der Waals surface area contributed by atoms with Gasteiger partial charge in [-0.15, -0.1) is 0 Å². The summed E-state index contributed by atoms with van der Waals surface area (Å²) < 4.78 is 4.71. The van der Waals surface area contributed by atoms with E-state index in [1.807, 2.05) is 0 Å². The Morgan fingerprint density at radius 1 is 0.311 bits per heavy atom. The van der Waals surface area contributed by atoms with Gasteiger partial charge in [-0.2, -0.15) is 0 Å². The first kappa shape index (κ1) is 34.7. The number of fused-ring (bicyclic) bond motifs is 7. The van der Waals surface area contributed by atoms with Crippen LogP contribution in [0.5, 0.6) is 0 Å². The molecule has 0 aliphatic carbocycles. The van der Waals surface area contributed by atoms with Gasteiger partial charge in [0.05, 0.1) is 33.3 Å². The van der Waals surface area contributed by atoms with Gasteiger partial charge in [-0.3, -0.25) is 0 Å². The molecule has 0 atom stereocenters. The third kappa shape index (κ3) is 5.78. The molecule has 3 heterocycles. The highest BCUT2D eigenvalue weighted by atomic mass is 15.1. The minimum Gasteiger partial charge on any atom is -0.310 e. The molecule has 0 unspecified atom stereocenters. The van der Waals surface area contributed by atoms with Crippen LogP contribution in [0.3, 0.4) is 0 Å². The maximum Gasteiger partial charge on any atom is 0.160 e. The Labute approximate surface area is 352 Å². The smallest absolute Gasteiger partial charge is 0.160 e. The van der Waals surface area contributed by atoms with Gasteiger partial charge in [0.2, 0.25) is 0 Å². The van der Waals surface area contributed by atoms with Crippen molar-refractivity contribution < 1.29 is 0 Å². The third-order valence-electron chi connectivity index (χ3n) is 11.9. The standard InChI is InChI=1S/C56H37N5/c1-4-16-40(17-5-1)59(41-18-6-2-7-19-41)44-33-35-54-49(37-44)48-36-39(30-34-53(48)60(54)42-20-8-3-9-21-42)55-47-24-10-13-25-50(47)57-56(58-55)38-28-31-43(32-29-38)61-51-26-14-11-22-45(51)46-23-12-15-27-52(46)61/h1-37H. The summed E-state index contributed by atoms with van der Waals surface area (Å²) in [6.45, 7) is 0. The number of hydrogen-bond donors (Lipinski definition) is 0. The Hall–Kier alpha value is -8.28. The third-order valence-corrected chi connectivity index (χ3v) is 11.9. The molecule has 0 aliphatic rings. The first-order chi connectivity index (χ1) is 30.3. The van der Waals surface area contributed by atoms with Gasteiger partial charge in [0.15, 0.2) is 5.82 Å². The lowest BCUT2D eigenvalue weighted by atomic mass is 10.0. The van der Waals surface area contributed by atoms with Crippen LogP contribution in [0, 0.1) is 0 Å². The molecule has 0 saturated heterocycles. The molecule has 9 aromatic carbocycles. The summed E-state index contributed by atoms with van der Waals surface area (Å²) in [7, 11) is 0.